The van der Waals surface area contributed by atoms with E-state index < -0.39 is 0 Å². The highest BCUT2D eigenvalue weighted by Crippen LogP contribution is 2.14. The third-order valence-electron chi connectivity index (χ3n) is 2.22. The van der Waals surface area contributed by atoms with Gasteiger partial charge in [-0.05, 0) is 46.7 Å². The van der Waals surface area contributed by atoms with Crippen LogP contribution in [0.15, 0.2) is 0 Å². The van der Waals surface area contributed by atoms with E-state index in [-0.39, 0.29) is 0 Å². The van der Waals surface area contributed by atoms with Gasteiger partial charge >= 0.3 is 0 Å². The molecule has 0 unspecified atom stereocenters. The fraction of sp³-hybridized carbons (Fsp3) is 1.00. The van der Waals surface area contributed by atoms with E-state index in [2.05, 4.69) is 39.5 Å². The van der Waals surface area contributed by atoms with Crippen molar-refractivity contribution >= 4 is 0 Å². The summed E-state index contributed by atoms with van der Waals surface area (Å²) in [5.41, 5.74) is 0.352. The molecule has 0 saturated carbocycles. The Balaban J connectivity index is 3.86. The van der Waals surface area contributed by atoms with Crippen molar-refractivity contribution in [3.05, 3.63) is 0 Å². The molecule has 1 nitrogen and oxygen atoms in total. The highest BCUT2D eigenvalue weighted by molar-refractivity contribution is 4.75. The SMILES string of the molecule is CCCCN(CCC)C(C)(C)C. The molecule has 0 saturated heterocycles. The van der Waals surface area contributed by atoms with Crippen LogP contribution in [0.3, 0.4) is 0 Å². The first-order chi connectivity index (χ1) is 5.52. The monoisotopic (exact) mass is 171 g/mol. The molecule has 12 heavy (non-hydrogen) atoms. The van der Waals surface area contributed by atoms with Crippen molar-refractivity contribution in [3.63, 3.8) is 0 Å². The van der Waals surface area contributed by atoms with E-state index in [1.165, 1.54) is 32.4 Å². The number of unbranched alkanes of at least 4 members (excludes halogenated alkanes) is 1. The van der Waals surface area contributed by atoms with Gasteiger partial charge < -0.3 is 0 Å². The van der Waals surface area contributed by atoms with Gasteiger partial charge in [-0.3, -0.25) is 4.90 Å². The van der Waals surface area contributed by atoms with Crippen molar-refractivity contribution < 1.29 is 0 Å². The fourth-order valence-electron chi connectivity index (χ4n) is 1.40. The molecule has 0 aliphatic rings. The maximum absolute atomic E-state index is 2.58. The Morgan fingerprint density at radius 1 is 0.917 bits per heavy atom. The molecule has 74 valence electrons. The molecule has 0 aromatic heterocycles. The summed E-state index contributed by atoms with van der Waals surface area (Å²) in [5.74, 6) is 0. The van der Waals surface area contributed by atoms with E-state index in [9.17, 15) is 0 Å². The zero-order valence-corrected chi connectivity index (χ0v) is 9.48. The molecule has 0 radical (unpaired) electrons. The minimum atomic E-state index is 0.352. The minimum Gasteiger partial charge on any atom is -0.298 e. The molecule has 0 aliphatic heterocycles. The van der Waals surface area contributed by atoms with Gasteiger partial charge in [0.05, 0.1) is 0 Å². The quantitative estimate of drug-likeness (QED) is 0.613. The van der Waals surface area contributed by atoms with E-state index in [1.807, 2.05) is 0 Å². The molecule has 0 aromatic carbocycles. The predicted octanol–water partition coefficient (Wildman–Crippen LogP) is 3.30. The zero-order chi connectivity index (χ0) is 9.61. The molecule has 0 heterocycles. The molecule has 0 bridgehead atoms. The van der Waals surface area contributed by atoms with Gasteiger partial charge in [-0.1, -0.05) is 20.3 Å². The number of hydrogen-bond acceptors (Lipinski definition) is 1. The van der Waals surface area contributed by atoms with Crippen molar-refractivity contribution in [1.29, 1.82) is 0 Å². The van der Waals surface area contributed by atoms with E-state index >= 15 is 0 Å². The van der Waals surface area contributed by atoms with E-state index in [4.69, 9.17) is 0 Å². The number of nitrogens with zero attached hydrogens (tertiary/aromatic N) is 1. The molecular formula is C11H25N. The van der Waals surface area contributed by atoms with Crippen molar-refractivity contribution in [2.45, 2.75) is 59.4 Å². The van der Waals surface area contributed by atoms with Crippen molar-refractivity contribution in [3.8, 4) is 0 Å². The smallest absolute Gasteiger partial charge is 0.0125 e. The van der Waals surface area contributed by atoms with Crippen LogP contribution in [0.4, 0.5) is 0 Å². The number of hydrogen-bond donors (Lipinski definition) is 0. The van der Waals surface area contributed by atoms with Gasteiger partial charge in [0, 0.05) is 5.54 Å². The zero-order valence-electron chi connectivity index (χ0n) is 9.48. The largest absolute Gasteiger partial charge is 0.298 e. The maximum atomic E-state index is 2.58. The lowest BCUT2D eigenvalue weighted by molar-refractivity contribution is 0.134. The lowest BCUT2D eigenvalue weighted by Gasteiger charge is -2.35. The first kappa shape index (κ1) is 12.0. The standard InChI is InChI=1S/C11H25N/c1-6-8-10-12(9-7-2)11(3,4)5/h6-10H2,1-5H3. The van der Waals surface area contributed by atoms with Crippen molar-refractivity contribution in [2.24, 2.45) is 0 Å². The highest BCUT2D eigenvalue weighted by atomic mass is 15.2. The lowest BCUT2D eigenvalue weighted by Crippen LogP contribution is -2.42. The van der Waals surface area contributed by atoms with Gasteiger partial charge in [0.2, 0.25) is 0 Å². The first-order valence-electron chi connectivity index (χ1n) is 5.27. The number of rotatable bonds is 5. The van der Waals surface area contributed by atoms with Gasteiger partial charge in [-0.15, -0.1) is 0 Å². The molecule has 0 N–H and O–H groups in total. The van der Waals surface area contributed by atoms with Gasteiger partial charge in [0.1, 0.15) is 0 Å². The Kier molecular flexibility index (Phi) is 5.56. The molecule has 0 aliphatic carbocycles. The molecule has 0 spiro atoms. The second kappa shape index (κ2) is 5.58. The normalized spacial score (nSPS) is 12.5. The predicted molar refractivity (Wildman–Crippen MR) is 56.5 cm³/mol. The third kappa shape index (κ3) is 4.76. The Labute approximate surface area is 78.1 Å². The second-order valence-electron chi connectivity index (χ2n) is 4.51. The Bertz CT molecular complexity index is 102. The summed E-state index contributed by atoms with van der Waals surface area (Å²) in [6.07, 6.45) is 3.90. The summed E-state index contributed by atoms with van der Waals surface area (Å²) in [6, 6.07) is 0. The lowest BCUT2D eigenvalue weighted by atomic mass is 10.1. The summed E-state index contributed by atoms with van der Waals surface area (Å²) in [5, 5.41) is 0. The van der Waals surface area contributed by atoms with Gasteiger partial charge in [-0.2, -0.15) is 0 Å². The van der Waals surface area contributed by atoms with Crippen LogP contribution >= 0.6 is 0 Å². The molecule has 0 aromatic rings. The molecule has 0 amide bonds. The maximum Gasteiger partial charge on any atom is 0.0125 e. The average Bonchev–Trinajstić information content (AvgIpc) is 1.95. The Morgan fingerprint density at radius 3 is 1.83 bits per heavy atom. The summed E-state index contributed by atoms with van der Waals surface area (Å²) in [6.45, 7) is 13.9. The second-order valence-corrected chi connectivity index (χ2v) is 4.51. The Hall–Kier alpha value is -0.0400. The van der Waals surface area contributed by atoms with Gasteiger partial charge in [0.15, 0.2) is 0 Å². The van der Waals surface area contributed by atoms with Crippen molar-refractivity contribution in [1.82, 2.24) is 4.90 Å². The molecule has 0 fully saturated rings. The van der Waals surface area contributed by atoms with Crippen LogP contribution in [-0.4, -0.2) is 23.5 Å². The van der Waals surface area contributed by atoms with Crippen LogP contribution < -0.4 is 0 Å². The summed E-state index contributed by atoms with van der Waals surface area (Å²) < 4.78 is 0. The topological polar surface area (TPSA) is 3.24 Å². The molecule has 1 heteroatoms. The van der Waals surface area contributed by atoms with E-state index in [0.717, 1.165) is 0 Å². The van der Waals surface area contributed by atoms with Crippen LogP contribution in [0, 0.1) is 0 Å². The van der Waals surface area contributed by atoms with Crippen LogP contribution in [-0.2, 0) is 0 Å². The van der Waals surface area contributed by atoms with E-state index in [0.29, 0.717) is 5.54 Å². The van der Waals surface area contributed by atoms with Gasteiger partial charge in [0.25, 0.3) is 0 Å². The summed E-state index contributed by atoms with van der Waals surface area (Å²) >= 11 is 0. The first-order valence-corrected chi connectivity index (χ1v) is 5.27. The third-order valence-corrected chi connectivity index (χ3v) is 2.22. The molecule has 0 rings (SSSR count). The average molecular weight is 171 g/mol. The molecule has 0 atom stereocenters. The van der Waals surface area contributed by atoms with Crippen molar-refractivity contribution in [2.75, 3.05) is 13.1 Å². The summed E-state index contributed by atoms with van der Waals surface area (Å²) in [4.78, 5) is 2.58. The van der Waals surface area contributed by atoms with Crippen LogP contribution in [0.5, 0.6) is 0 Å². The van der Waals surface area contributed by atoms with Crippen LogP contribution in [0.2, 0.25) is 0 Å². The fourth-order valence-corrected chi connectivity index (χ4v) is 1.40. The van der Waals surface area contributed by atoms with Gasteiger partial charge in [-0.25, -0.2) is 0 Å². The minimum absolute atomic E-state index is 0.352. The molecular weight excluding hydrogens is 146 g/mol. The van der Waals surface area contributed by atoms with Crippen LogP contribution in [0.1, 0.15) is 53.9 Å². The van der Waals surface area contributed by atoms with E-state index in [1.54, 1.807) is 0 Å². The summed E-state index contributed by atoms with van der Waals surface area (Å²) in [7, 11) is 0. The van der Waals surface area contributed by atoms with Crippen LogP contribution in [0.25, 0.3) is 0 Å². The Morgan fingerprint density at radius 2 is 1.50 bits per heavy atom. The highest BCUT2D eigenvalue weighted by Gasteiger charge is 2.18.